The number of carbonyl (C=O) groups is 1. The first-order chi connectivity index (χ1) is 11.5. The van der Waals surface area contributed by atoms with Gasteiger partial charge >= 0.3 is 0 Å². The van der Waals surface area contributed by atoms with Gasteiger partial charge in [-0.05, 0) is 38.5 Å². The molecule has 0 saturated carbocycles. The molecule has 3 rings (SSSR count). The fraction of sp³-hybridized carbons (Fsp3) is 0.842. The summed E-state index contributed by atoms with van der Waals surface area (Å²) in [6.07, 6.45) is 10.4. The first kappa shape index (κ1) is 17.9. The summed E-state index contributed by atoms with van der Waals surface area (Å²) in [4.78, 5) is 14.5. The van der Waals surface area contributed by atoms with E-state index in [1.54, 1.807) is 7.11 Å². The zero-order valence-electron chi connectivity index (χ0n) is 14.9. The number of allylic oxidation sites excluding steroid dienone is 1. The maximum atomic E-state index is 12.5. The number of nitrogens with zero attached hydrogens (tertiary/aromatic N) is 1. The van der Waals surface area contributed by atoms with Gasteiger partial charge in [-0.25, -0.2) is 0 Å². The van der Waals surface area contributed by atoms with Gasteiger partial charge in [0.15, 0.2) is 0 Å². The minimum atomic E-state index is -0.786. The van der Waals surface area contributed by atoms with Gasteiger partial charge in [-0.1, -0.05) is 11.6 Å². The van der Waals surface area contributed by atoms with Crippen molar-refractivity contribution in [3.63, 3.8) is 0 Å². The zero-order valence-corrected chi connectivity index (χ0v) is 14.9. The molecule has 5 nitrogen and oxygen atoms in total. The largest absolute Gasteiger partial charge is 0.387 e. The normalized spacial score (nSPS) is 30.2. The van der Waals surface area contributed by atoms with Crippen molar-refractivity contribution in [2.75, 3.05) is 33.4 Å². The molecule has 1 amide bonds. The van der Waals surface area contributed by atoms with Gasteiger partial charge in [-0.15, -0.1) is 0 Å². The van der Waals surface area contributed by atoms with Gasteiger partial charge in [0.1, 0.15) is 0 Å². The predicted molar refractivity (Wildman–Crippen MR) is 91.7 cm³/mol. The number of hydrogen-bond donors (Lipinski definition) is 1. The Balaban J connectivity index is 1.53. The van der Waals surface area contributed by atoms with Gasteiger partial charge in [-0.2, -0.15) is 0 Å². The zero-order chi connectivity index (χ0) is 17.0. The second kappa shape index (κ2) is 7.54. The molecule has 2 heterocycles. The summed E-state index contributed by atoms with van der Waals surface area (Å²) in [5.74, 6) is 0.251. The highest BCUT2D eigenvalue weighted by atomic mass is 16.5. The van der Waals surface area contributed by atoms with E-state index >= 15 is 0 Å². The highest BCUT2D eigenvalue weighted by Gasteiger charge is 2.46. The van der Waals surface area contributed by atoms with Crippen LogP contribution in [0.3, 0.4) is 0 Å². The number of amides is 1. The standard InChI is InChI=1S/C19H31NO4/c1-23-15-18(22)9-12-24-19(14-18)7-10-20(11-8-19)17(21)13-16-5-3-2-4-6-16/h5,22H,2-4,6-15H2,1H3. The molecule has 1 spiro atoms. The minimum Gasteiger partial charge on any atom is -0.387 e. The summed E-state index contributed by atoms with van der Waals surface area (Å²) < 4.78 is 11.2. The number of hydrogen-bond acceptors (Lipinski definition) is 4. The molecule has 2 fully saturated rings. The van der Waals surface area contributed by atoms with E-state index in [2.05, 4.69) is 6.08 Å². The maximum absolute atomic E-state index is 12.5. The van der Waals surface area contributed by atoms with Gasteiger partial charge in [-0.3, -0.25) is 4.79 Å². The molecule has 136 valence electrons. The van der Waals surface area contributed by atoms with Crippen molar-refractivity contribution < 1.29 is 19.4 Å². The Morgan fingerprint density at radius 3 is 2.79 bits per heavy atom. The van der Waals surface area contributed by atoms with Crippen LogP contribution in [-0.4, -0.2) is 60.5 Å². The van der Waals surface area contributed by atoms with Crippen LogP contribution in [0.2, 0.25) is 0 Å². The first-order valence-corrected chi connectivity index (χ1v) is 9.35. The van der Waals surface area contributed by atoms with E-state index < -0.39 is 5.60 Å². The van der Waals surface area contributed by atoms with Crippen molar-refractivity contribution in [1.82, 2.24) is 4.90 Å². The van der Waals surface area contributed by atoms with Crippen LogP contribution in [0.25, 0.3) is 0 Å². The monoisotopic (exact) mass is 337 g/mol. The van der Waals surface area contributed by atoms with Gasteiger partial charge < -0.3 is 19.5 Å². The number of ether oxygens (including phenoxy) is 2. The third kappa shape index (κ3) is 4.19. The molecule has 0 aromatic heterocycles. The average molecular weight is 337 g/mol. The van der Waals surface area contributed by atoms with E-state index in [1.165, 1.54) is 18.4 Å². The molecule has 1 aliphatic carbocycles. The number of piperidine rings is 1. The van der Waals surface area contributed by atoms with Crippen LogP contribution in [0.15, 0.2) is 11.6 Å². The van der Waals surface area contributed by atoms with Crippen molar-refractivity contribution in [3.05, 3.63) is 11.6 Å². The molecule has 1 N–H and O–H groups in total. The van der Waals surface area contributed by atoms with Gasteiger partial charge in [0.05, 0.1) is 24.4 Å². The summed E-state index contributed by atoms with van der Waals surface area (Å²) in [6.45, 7) is 2.39. The Morgan fingerprint density at radius 1 is 1.33 bits per heavy atom. The molecular formula is C19H31NO4. The highest BCUT2D eigenvalue weighted by Crippen LogP contribution is 2.40. The summed E-state index contributed by atoms with van der Waals surface area (Å²) in [5, 5.41) is 10.7. The molecule has 0 aromatic carbocycles. The van der Waals surface area contributed by atoms with Crippen LogP contribution in [0.5, 0.6) is 0 Å². The quantitative estimate of drug-likeness (QED) is 0.801. The van der Waals surface area contributed by atoms with Gasteiger partial charge in [0, 0.05) is 39.5 Å². The van der Waals surface area contributed by atoms with Gasteiger partial charge in [0.25, 0.3) is 0 Å². The summed E-state index contributed by atoms with van der Waals surface area (Å²) in [7, 11) is 1.63. The van der Waals surface area contributed by atoms with Crippen molar-refractivity contribution in [2.45, 2.75) is 69.0 Å². The molecule has 2 saturated heterocycles. The Morgan fingerprint density at radius 2 is 2.12 bits per heavy atom. The van der Waals surface area contributed by atoms with Crippen LogP contribution in [0.1, 0.15) is 57.8 Å². The highest BCUT2D eigenvalue weighted by molar-refractivity contribution is 5.78. The fourth-order valence-corrected chi connectivity index (χ4v) is 4.44. The van der Waals surface area contributed by atoms with E-state index in [0.29, 0.717) is 32.5 Å². The van der Waals surface area contributed by atoms with Gasteiger partial charge in [0.2, 0.25) is 5.91 Å². The molecule has 0 bridgehead atoms. The van der Waals surface area contributed by atoms with Crippen LogP contribution < -0.4 is 0 Å². The smallest absolute Gasteiger partial charge is 0.226 e. The van der Waals surface area contributed by atoms with E-state index in [1.807, 2.05) is 4.90 Å². The van der Waals surface area contributed by atoms with Crippen molar-refractivity contribution >= 4 is 5.91 Å². The van der Waals surface area contributed by atoms with Crippen LogP contribution in [0.4, 0.5) is 0 Å². The Kier molecular flexibility index (Phi) is 5.63. The average Bonchev–Trinajstić information content (AvgIpc) is 2.56. The fourth-order valence-electron chi connectivity index (χ4n) is 4.44. The minimum absolute atomic E-state index is 0.251. The Bertz CT molecular complexity index is 478. The maximum Gasteiger partial charge on any atom is 0.226 e. The van der Waals surface area contributed by atoms with Crippen LogP contribution in [0, 0.1) is 0 Å². The first-order valence-electron chi connectivity index (χ1n) is 9.35. The lowest BCUT2D eigenvalue weighted by molar-refractivity contribution is -0.192. The van der Waals surface area contributed by atoms with E-state index in [4.69, 9.17) is 9.47 Å². The Hall–Kier alpha value is -0.910. The van der Waals surface area contributed by atoms with Crippen molar-refractivity contribution in [2.24, 2.45) is 0 Å². The lowest BCUT2D eigenvalue weighted by Crippen LogP contribution is -2.56. The second-order valence-electron chi connectivity index (χ2n) is 7.78. The van der Waals surface area contributed by atoms with Crippen LogP contribution in [-0.2, 0) is 14.3 Å². The molecule has 1 unspecified atom stereocenters. The number of rotatable bonds is 4. The molecule has 5 heteroatoms. The number of methoxy groups -OCH3 is 1. The summed E-state index contributed by atoms with van der Waals surface area (Å²) in [6, 6.07) is 0. The lowest BCUT2D eigenvalue weighted by atomic mass is 9.77. The molecule has 0 aromatic rings. The molecule has 3 aliphatic rings. The summed E-state index contributed by atoms with van der Waals surface area (Å²) >= 11 is 0. The molecule has 1 atom stereocenters. The predicted octanol–water partition coefficient (Wildman–Crippen LogP) is 2.43. The topological polar surface area (TPSA) is 59.0 Å². The van der Waals surface area contributed by atoms with E-state index in [0.717, 1.165) is 38.8 Å². The molecule has 2 aliphatic heterocycles. The molecule has 0 radical (unpaired) electrons. The van der Waals surface area contributed by atoms with E-state index in [9.17, 15) is 9.90 Å². The van der Waals surface area contributed by atoms with E-state index in [-0.39, 0.29) is 11.5 Å². The number of aliphatic hydroxyl groups is 1. The summed E-state index contributed by atoms with van der Waals surface area (Å²) in [5.41, 5.74) is 0.244. The lowest BCUT2D eigenvalue weighted by Gasteiger charge is -2.49. The SMILES string of the molecule is COCC1(O)CCOC2(CCN(C(=O)CC3=CCCCC3)CC2)C1. The van der Waals surface area contributed by atoms with Crippen LogP contribution >= 0.6 is 0 Å². The third-order valence-electron chi connectivity index (χ3n) is 5.83. The number of likely N-dealkylation sites (tertiary alicyclic amines) is 1. The Labute approximate surface area is 145 Å². The third-order valence-corrected chi connectivity index (χ3v) is 5.83. The number of carbonyl (C=O) groups excluding carboxylic acids is 1. The van der Waals surface area contributed by atoms with Crippen molar-refractivity contribution in [3.8, 4) is 0 Å². The second-order valence-corrected chi connectivity index (χ2v) is 7.78. The van der Waals surface area contributed by atoms with Crippen molar-refractivity contribution in [1.29, 1.82) is 0 Å². The molecular weight excluding hydrogens is 306 g/mol. The molecule has 24 heavy (non-hydrogen) atoms.